The molecule has 1 aliphatic rings. The molecule has 0 bridgehead atoms. The second-order valence-electron chi connectivity index (χ2n) is 7.68. The number of allylic oxidation sites excluding steroid dienone is 2. The molecule has 1 heterocycles. The number of ether oxygens (including phenoxy) is 2. The van der Waals surface area contributed by atoms with Gasteiger partial charge in [-0.3, -0.25) is 0 Å². The van der Waals surface area contributed by atoms with Crippen molar-refractivity contribution in [3.63, 3.8) is 0 Å². The summed E-state index contributed by atoms with van der Waals surface area (Å²) in [5.74, 6) is 0. The standard InChI is InChI=1S/C22H42O5/c1-2-3-4-5-6-7-8-9-10-11-12-13-14-15-16-26-20-18-27-22(21(20)25)19(24)17-23/h9-10,19-25H,2-8,11-18H2,1H3/b10-9+/t19-,20+,21+,22+/m0/s1. The Balaban J connectivity index is 1.87. The van der Waals surface area contributed by atoms with Gasteiger partial charge in [0.2, 0.25) is 0 Å². The minimum Gasteiger partial charge on any atom is -0.394 e. The van der Waals surface area contributed by atoms with E-state index >= 15 is 0 Å². The molecule has 0 aliphatic carbocycles. The number of hydrogen-bond acceptors (Lipinski definition) is 5. The second kappa shape index (κ2) is 16.5. The van der Waals surface area contributed by atoms with E-state index in [9.17, 15) is 10.2 Å². The molecule has 5 heteroatoms. The summed E-state index contributed by atoms with van der Waals surface area (Å²) in [7, 11) is 0. The molecule has 0 aromatic heterocycles. The summed E-state index contributed by atoms with van der Waals surface area (Å²) in [6, 6.07) is 0. The van der Waals surface area contributed by atoms with Gasteiger partial charge in [-0.1, -0.05) is 64.0 Å². The van der Waals surface area contributed by atoms with Crippen molar-refractivity contribution in [2.24, 2.45) is 0 Å². The van der Waals surface area contributed by atoms with Gasteiger partial charge in [-0.15, -0.1) is 0 Å². The highest BCUT2D eigenvalue weighted by Gasteiger charge is 2.40. The number of aliphatic hydroxyl groups is 3. The van der Waals surface area contributed by atoms with Crippen LogP contribution in [0.25, 0.3) is 0 Å². The van der Waals surface area contributed by atoms with E-state index in [4.69, 9.17) is 14.6 Å². The largest absolute Gasteiger partial charge is 0.394 e. The van der Waals surface area contributed by atoms with E-state index < -0.39 is 31.0 Å². The van der Waals surface area contributed by atoms with Crippen LogP contribution in [0, 0.1) is 0 Å². The first-order chi connectivity index (χ1) is 13.2. The Morgan fingerprint density at radius 3 is 2.19 bits per heavy atom. The fourth-order valence-electron chi connectivity index (χ4n) is 3.43. The lowest BCUT2D eigenvalue weighted by Crippen LogP contribution is -2.41. The Labute approximate surface area is 165 Å². The van der Waals surface area contributed by atoms with E-state index in [1.807, 2.05) is 0 Å². The molecule has 1 saturated heterocycles. The fraction of sp³-hybridized carbons (Fsp3) is 0.909. The minimum absolute atomic E-state index is 0.270. The summed E-state index contributed by atoms with van der Waals surface area (Å²) >= 11 is 0. The van der Waals surface area contributed by atoms with Crippen molar-refractivity contribution in [1.29, 1.82) is 0 Å². The Bertz CT molecular complexity index is 361. The first-order valence-electron chi connectivity index (χ1n) is 11.1. The fourth-order valence-corrected chi connectivity index (χ4v) is 3.43. The highest BCUT2D eigenvalue weighted by molar-refractivity contribution is 4.88. The van der Waals surface area contributed by atoms with Gasteiger partial charge < -0.3 is 24.8 Å². The molecule has 1 rings (SSSR count). The van der Waals surface area contributed by atoms with Crippen LogP contribution in [0.5, 0.6) is 0 Å². The molecule has 0 saturated carbocycles. The molecule has 0 aromatic rings. The molecular weight excluding hydrogens is 344 g/mol. The van der Waals surface area contributed by atoms with Crippen LogP contribution in [-0.4, -0.2) is 59.6 Å². The molecule has 0 amide bonds. The van der Waals surface area contributed by atoms with Crippen molar-refractivity contribution in [1.82, 2.24) is 0 Å². The molecule has 27 heavy (non-hydrogen) atoms. The third kappa shape index (κ3) is 11.2. The summed E-state index contributed by atoms with van der Waals surface area (Å²) in [5.41, 5.74) is 0. The zero-order valence-electron chi connectivity index (χ0n) is 17.2. The summed E-state index contributed by atoms with van der Waals surface area (Å²) in [4.78, 5) is 0. The van der Waals surface area contributed by atoms with E-state index in [0.29, 0.717) is 6.61 Å². The number of hydrogen-bond donors (Lipinski definition) is 3. The summed E-state index contributed by atoms with van der Waals surface area (Å²) in [6.07, 6.45) is 16.6. The van der Waals surface area contributed by atoms with Crippen molar-refractivity contribution in [3.8, 4) is 0 Å². The molecule has 1 fully saturated rings. The van der Waals surface area contributed by atoms with Gasteiger partial charge in [0.05, 0.1) is 13.2 Å². The van der Waals surface area contributed by atoms with Crippen molar-refractivity contribution < 1.29 is 24.8 Å². The monoisotopic (exact) mass is 386 g/mol. The van der Waals surface area contributed by atoms with Crippen LogP contribution >= 0.6 is 0 Å². The Hall–Kier alpha value is -0.460. The van der Waals surface area contributed by atoms with E-state index in [0.717, 1.165) is 19.3 Å². The molecule has 0 aromatic carbocycles. The molecular formula is C22H42O5. The van der Waals surface area contributed by atoms with Gasteiger partial charge in [0.25, 0.3) is 0 Å². The van der Waals surface area contributed by atoms with Gasteiger partial charge in [0.15, 0.2) is 0 Å². The predicted octanol–water partition coefficient (Wildman–Crippen LogP) is 3.74. The van der Waals surface area contributed by atoms with Gasteiger partial charge in [-0.25, -0.2) is 0 Å². The van der Waals surface area contributed by atoms with Crippen LogP contribution in [-0.2, 0) is 9.47 Å². The Morgan fingerprint density at radius 1 is 0.963 bits per heavy atom. The zero-order chi connectivity index (χ0) is 19.7. The van der Waals surface area contributed by atoms with Gasteiger partial charge >= 0.3 is 0 Å². The molecule has 1 aliphatic heterocycles. The second-order valence-corrected chi connectivity index (χ2v) is 7.68. The Kier molecular flexibility index (Phi) is 15.0. The van der Waals surface area contributed by atoms with Gasteiger partial charge in [0.1, 0.15) is 24.4 Å². The molecule has 0 radical (unpaired) electrons. The molecule has 5 nitrogen and oxygen atoms in total. The molecule has 160 valence electrons. The van der Waals surface area contributed by atoms with Crippen molar-refractivity contribution in [3.05, 3.63) is 12.2 Å². The summed E-state index contributed by atoms with van der Waals surface area (Å²) in [6.45, 7) is 2.71. The highest BCUT2D eigenvalue weighted by Crippen LogP contribution is 2.20. The topological polar surface area (TPSA) is 79.2 Å². The van der Waals surface area contributed by atoms with Crippen LogP contribution in [0.4, 0.5) is 0 Å². The molecule has 4 atom stereocenters. The third-order valence-corrected chi connectivity index (χ3v) is 5.22. The number of unbranched alkanes of at least 4 members (excludes halogenated alkanes) is 10. The lowest BCUT2D eigenvalue weighted by molar-refractivity contribution is -0.0730. The van der Waals surface area contributed by atoms with Gasteiger partial charge in [-0.2, -0.15) is 0 Å². The first kappa shape index (κ1) is 24.6. The number of aliphatic hydroxyl groups excluding tert-OH is 3. The van der Waals surface area contributed by atoms with Crippen LogP contribution in [0.15, 0.2) is 12.2 Å². The Morgan fingerprint density at radius 2 is 1.56 bits per heavy atom. The van der Waals surface area contributed by atoms with Crippen molar-refractivity contribution in [2.75, 3.05) is 19.8 Å². The lowest BCUT2D eigenvalue weighted by atomic mass is 10.1. The molecule has 0 unspecified atom stereocenters. The number of rotatable bonds is 17. The zero-order valence-corrected chi connectivity index (χ0v) is 17.2. The lowest BCUT2D eigenvalue weighted by Gasteiger charge is -2.20. The minimum atomic E-state index is -1.05. The van der Waals surface area contributed by atoms with Crippen LogP contribution in [0.2, 0.25) is 0 Å². The highest BCUT2D eigenvalue weighted by atomic mass is 16.6. The van der Waals surface area contributed by atoms with E-state index in [1.54, 1.807) is 0 Å². The van der Waals surface area contributed by atoms with E-state index in [1.165, 1.54) is 57.8 Å². The first-order valence-corrected chi connectivity index (χ1v) is 11.1. The molecule has 0 spiro atoms. The summed E-state index contributed by atoms with van der Waals surface area (Å²) < 4.78 is 11.0. The normalized spacial score (nSPS) is 24.1. The van der Waals surface area contributed by atoms with Crippen molar-refractivity contribution in [2.45, 2.75) is 108 Å². The predicted molar refractivity (Wildman–Crippen MR) is 109 cm³/mol. The SMILES string of the molecule is CCCCCCCC/C=C/CCCCCCO[C@@H]1CO[C@H]([C@@H](O)CO)[C@@H]1O. The van der Waals surface area contributed by atoms with Gasteiger partial charge in [0, 0.05) is 6.61 Å². The van der Waals surface area contributed by atoms with Crippen molar-refractivity contribution >= 4 is 0 Å². The maximum atomic E-state index is 10.0. The quantitative estimate of drug-likeness (QED) is 0.262. The molecule has 3 N–H and O–H groups in total. The maximum Gasteiger partial charge on any atom is 0.114 e. The average molecular weight is 387 g/mol. The smallest absolute Gasteiger partial charge is 0.114 e. The average Bonchev–Trinajstić information content (AvgIpc) is 3.04. The maximum absolute atomic E-state index is 10.0. The summed E-state index contributed by atoms with van der Waals surface area (Å²) in [5, 5.41) is 28.5. The van der Waals surface area contributed by atoms with Crippen LogP contribution in [0.3, 0.4) is 0 Å². The van der Waals surface area contributed by atoms with E-state index in [-0.39, 0.29) is 6.61 Å². The third-order valence-electron chi connectivity index (χ3n) is 5.22. The van der Waals surface area contributed by atoms with Crippen LogP contribution in [0.1, 0.15) is 84.0 Å². The van der Waals surface area contributed by atoms with Gasteiger partial charge in [-0.05, 0) is 32.1 Å². The van der Waals surface area contributed by atoms with Crippen LogP contribution < -0.4 is 0 Å². The van der Waals surface area contributed by atoms with E-state index in [2.05, 4.69) is 19.1 Å².